The lowest BCUT2D eigenvalue weighted by atomic mass is 10.1. The molecule has 0 spiro atoms. The van der Waals surface area contributed by atoms with Crippen LogP contribution < -0.4 is 15.8 Å². The highest BCUT2D eigenvalue weighted by Gasteiger charge is 2.35. The first-order valence-corrected chi connectivity index (χ1v) is 12.4. The normalized spacial score (nSPS) is 11.5. The quantitative estimate of drug-likeness (QED) is 0.158. The van der Waals surface area contributed by atoms with E-state index in [1.807, 2.05) is 0 Å². The van der Waals surface area contributed by atoms with Crippen molar-refractivity contribution in [3.8, 4) is 17.1 Å². The molecule has 1 aromatic carbocycles. The lowest BCUT2D eigenvalue weighted by molar-refractivity contribution is -0.385. The minimum Gasteiger partial charge on any atom is -0.486 e. The Hall–Kier alpha value is -5.18. The van der Waals surface area contributed by atoms with Crippen LogP contribution in [0.15, 0.2) is 63.6 Å². The van der Waals surface area contributed by atoms with Crippen LogP contribution in [0.3, 0.4) is 0 Å². The molecule has 5 rings (SSSR count). The van der Waals surface area contributed by atoms with Crippen LogP contribution in [-0.4, -0.2) is 21.7 Å². The fourth-order valence-corrected chi connectivity index (χ4v) is 5.00. The van der Waals surface area contributed by atoms with E-state index >= 15 is 0 Å². The SMILES string of the molecule is Cc1cc(OCc2ccc(C(=O)Nc3c(C(N)=O)sc4nc(C(F)(F)F)cc(-c5ccco5)c34)o2)ccc1[N+](=O)[O-]. The van der Waals surface area contributed by atoms with Crippen LogP contribution in [0.5, 0.6) is 5.75 Å². The molecule has 0 atom stereocenters. The van der Waals surface area contributed by atoms with Gasteiger partial charge in [0.1, 0.15) is 39.3 Å². The number of aryl methyl sites for hydroxylation is 1. The summed E-state index contributed by atoms with van der Waals surface area (Å²) in [5.41, 5.74) is 4.40. The maximum Gasteiger partial charge on any atom is 0.433 e. The number of nitro groups is 1. The van der Waals surface area contributed by atoms with Gasteiger partial charge in [-0.1, -0.05) is 0 Å². The van der Waals surface area contributed by atoms with Gasteiger partial charge in [-0.2, -0.15) is 13.2 Å². The van der Waals surface area contributed by atoms with Crippen LogP contribution in [-0.2, 0) is 12.8 Å². The van der Waals surface area contributed by atoms with Crippen LogP contribution in [0.1, 0.15) is 37.2 Å². The molecule has 4 heterocycles. The highest BCUT2D eigenvalue weighted by molar-refractivity contribution is 7.21. The summed E-state index contributed by atoms with van der Waals surface area (Å²) in [7, 11) is 0. The Morgan fingerprint density at radius 1 is 1.20 bits per heavy atom. The van der Waals surface area contributed by atoms with E-state index in [-0.39, 0.29) is 55.9 Å². The maximum atomic E-state index is 13.6. The van der Waals surface area contributed by atoms with Gasteiger partial charge in [0, 0.05) is 22.6 Å². The van der Waals surface area contributed by atoms with Gasteiger partial charge in [-0.25, -0.2) is 4.98 Å². The number of carbonyl (C=O) groups excluding carboxylic acids is 2. The summed E-state index contributed by atoms with van der Waals surface area (Å²) in [5.74, 6) is -1.40. The van der Waals surface area contributed by atoms with Gasteiger partial charge in [-0.3, -0.25) is 19.7 Å². The van der Waals surface area contributed by atoms with E-state index in [4.69, 9.17) is 19.3 Å². The Bertz CT molecular complexity index is 1810. The summed E-state index contributed by atoms with van der Waals surface area (Å²) in [6, 6.07) is 10.7. The van der Waals surface area contributed by atoms with Crippen molar-refractivity contribution < 1.29 is 41.3 Å². The summed E-state index contributed by atoms with van der Waals surface area (Å²) in [6.45, 7) is 1.44. The lowest BCUT2D eigenvalue weighted by Crippen LogP contribution is -2.16. The van der Waals surface area contributed by atoms with Crippen molar-refractivity contribution in [1.29, 1.82) is 0 Å². The van der Waals surface area contributed by atoms with Gasteiger partial charge >= 0.3 is 6.18 Å². The number of nitrogens with two attached hydrogens (primary N) is 1. The highest BCUT2D eigenvalue weighted by atomic mass is 32.1. The first-order valence-electron chi connectivity index (χ1n) is 11.6. The Morgan fingerprint density at radius 3 is 2.61 bits per heavy atom. The summed E-state index contributed by atoms with van der Waals surface area (Å²) >= 11 is 0.591. The van der Waals surface area contributed by atoms with Crippen LogP contribution in [0, 0.1) is 17.0 Å². The second kappa shape index (κ2) is 10.4. The zero-order chi connectivity index (χ0) is 29.5. The number of nitro benzene ring substituents is 1. The largest absolute Gasteiger partial charge is 0.486 e. The minimum absolute atomic E-state index is 0.0313. The van der Waals surface area contributed by atoms with E-state index in [1.54, 1.807) is 6.92 Å². The molecule has 0 bridgehead atoms. The fraction of sp³-hybridized carbons (Fsp3) is 0.115. The zero-order valence-electron chi connectivity index (χ0n) is 20.8. The number of primary amides is 1. The Balaban J connectivity index is 1.44. The monoisotopic (exact) mass is 586 g/mol. The number of benzene rings is 1. The number of furan rings is 2. The first kappa shape index (κ1) is 27.4. The number of thiophene rings is 1. The number of fused-ring (bicyclic) bond motifs is 1. The molecule has 0 aliphatic heterocycles. The Labute approximate surface area is 231 Å². The van der Waals surface area contributed by atoms with Gasteiger partial charge in [-0.15, -0.1) is 11.3 Å². The number of anilines is 1. The minimum atomic E-state index is -4.80. The number of amides is 2. The third-order valence-corrected chi connectivity index (χ3v) is 6.93. The molecule has 0 unspecified atom stereocenters. The van der Waals surface area contributed by atoms with E-state index in [1.165, 1.54) is 48.7 Å². The summed E-state index contributed by atoms with van der Waals surface area (Å²) in [5, 5.41) is 13.5. The number of carbonyl (C=O) groups is 2. The number of halogens is 3. The van der Waals surface area contributed by atoms with E-state index in [0.29, 0.717) is 22.6 Å². The van der Waals surface area contributed by atoms with Crippen LogP contribution in [0.2, 0.25) is 0 Å². The van der Waals surface area contributed by atoms with E-state index in [0.717, 1.165) is 6.07 Å². The van der Waals surface area contributed by atoms with E-state index in [2.05, 4.69) is 10.3 Å². The topological polar surface area (TPSA) is 164 Å². The lowest BCUT2D eigenvalue weighted by Gasteiger charge is -2.10. The molecule has 0 fully saturated rings. The van der Waals surface area contributed by atoms with Crippen molar-refractivity contribution >= 4 is 44.7 Å². The number of ether oxygens (including phenoxy) is 1. The summed E-state index contributed by atoms with van der Waals surface area (Å²) in [6.07, 6.45) is -3.53. The average Bonchev–Trinajstić information content (AvgIpc) is 3.66. The predicted octanol–water partition coefficient (Wildman–Crippen LogP) is 6.31. The van der Waals surface area contributed by atoms with Gasteiger partial charge < -0.3 is 24.6 Å². The molecule has 4 aromatic heterocycles. The number of aromatic nitrogens is 1. The maximum absolute atomic E-state index is 13.6. The van der Waals surface area contributed by atoms with Crippen molar-refractivity contribution in [2.45, 2.75) is 19.7 Å². The van der Waals surface area contributed by atoms with Gasteiger partial charge in [0.25, 0.3) is 17.5 Å². The third-order valence-electron chi connectivity index (χ3n) is 5.83. The molecule has 2 amide bonds. The van der Waals surface area contributed by atoms with Gasteiger partial charge in [0.15, 0.2) is 5.76 Å². The van der Waals surface area contributed by atoms with Crippen molar-refractivity contribution in [2.24, 2.45) is 5.73 Å². The number of hydrogen-bond donors (Lipinski definition) is 2. The zero-order valence-corrected chi connectivity index (χ0v) is 21.6. The second-order valence-electron chi connectivity index (χ2n) is 8.59. The highest BCUT2D eigenvalue weighted by Crippen LogP contribution is 2.44. The number of nitrogens with one attached hydrogen (secondary N) is 1. The Morgan fingerprint density at radius 2 is 1.98 bits per heavy atom. The molecule has 0 radical (unpaired) electrons. The van der Waals surface area contributed by atoms with Crippen molar-refractivity contribution in [1.82, 2.24) is 4.98 Å². The number of alkyl halides is 3. The number of rotatable bonds is 8. The van der Waals surface area contributed by atoms with Gasteiger partial charge in [0.05, 0.1) is 16.9 Å². The standard InChI is InChI=1S/C26H17F3N4O7S/c1-12-9-13(4-6-16(12)33(36)37)39-11-14-5-7-18(40-14)24(35)32-21-20-15(17-3-2-8-38-17)10-19(26(27,28)29)31-25(20)41-22(21)23(30)34/h2-10H,11H2,1H3,(H2,30,34)(H,32,35). The predicted molar refractivity (Wildman–Crippen MR) is 140 cm³/mol. The summed E-state index contributed by atoms with van der Waals surface area (Å²) in [4.78, 5) is 39.0. The number of hydrogen-bond acceptors (Lipinski definition) is 9. The molecule has 0 aliphatic carbocycles. The molecular weight excluding hydrogens is 569 g/mol. The molecule has 210 valence electrons. The molecule has 41 heavy (non-hydrogen) atoms. The summed E-state index contributed by atoms with van der Waals surface area (Å²) < 4.78 is 57.2. The van der Waals surface area contributed by atoms with Gasteiger partial charge in [0.2, 0.25) is 0 Å². The molecule has 3 N–H and O–H groups in total. The van der Waals surface area contributed by atoms with Crippen LogP contribution >= 0.6 is 11.3 Å². The Kier molecular flexibility index (Phi) is 6.96. The van der Waals surface area contributed by atoms with E-state index < -0.39 is 28.6 Å². The molecular formula is C26H17F3N4O7S. The molecule has 0 aliphatic rings. The molecule has 0 saturated heterocycles. The second-order valence-corrected chi connectivity index (χ2v) is 9.59. The number of pyridine rings is 1. The van der Waals surface area contributed by atoms with Crippen LogP contribution in [0.4, 0.5) is 24.5 Å². The van der Waals surface area contributed by atoms with Crippen molar-refractivity contribution in [3.05, 3.63) is 92.6 Å². The van der Waals surface area contributed by atoms with Crippen LogP contribution in [0.25, 0.3) is 21.5 Å². The fourth-order valence-electron chi connectivity index (χ4n) is 3.99. The molecule has 15 heteroatoms. The smallest absolute Gasteiger partial charge is 0.433 e. The third kappa shape index (κ3) is 5.47. The number of nitrogens with zero attached hydrogens (tertiary/aromatic N) is 2. The van der Waals surface area contributed by atoms with Crippen molar-refractivity contribution in [3.63, 3.8) is 0 Å². The van der Waals surface area contributed by atoms with Gasteiger partial charge in [-0.05, 0) is 49.4 Å². The van der Waals surface area contributed by atoms with Crippen molar-refractivity contribution in [2.75, 3.05) is 5.32 Å². The van der Waals surface area contributed by atoms with E-state index in [9.17, 15) is 32.9 Å². The first-order chi connectivity index (χ1) is 19.4. The molecule has 0 saturated carbocycles. The average molecular weight is 587 g/mol. The molecule has 11 nitrogen and oxygen atoms in total. The molecule has 5 aromatic rings.